The van der Waals surface area contributed by atoms with Gasteiger partial charge in [0, 0.05) is 31.6 Å². The maximum atomic E-state index is 13.1. The molecule has 5 rings (SSSR count). The number of nitrogens with zero attached hydrogens (tertiary/aromatic N) is 2. The maximum Gasteiger partial charge on any atom is 0.343 e. The van der Waals surface area contributed by atoms with Gasteiger partial charge in [0.05, 0.1) is 17.6 Å². The second kappa shape index (κ2) is 10.6. The van der Waals surface area contributed by atoms with Crippen LogP contribution in [0.2, 0.25) is 0 Å². The van der Waals surface area contributed by atoms with Crippen molar-refractivity contribution in [1.29, 1.82) is 0 Å². The second-order valence-corrected chi connectivity index (χ2v) is 12.1. The van der Waals surface area contributed by atoms with E-state index < -0.39 is 15.5 Å². The van der Waals surface area contributed by atoms with Crippen LogP contribution in [-0.4, -0.2) is 23.1 Å². The number of aromatic hydroxyl groups is 1. The zero-order valence-electron chi connectivity index (χ0n) is 21.6. The number of rotatable bonds is 10. The number of imidazole rings is 1. The lowest BCUT2D eigenvalue weighted by molar-refractivity contribution is 0.387. The molecule has 7 nitrogen and oxygen atoms in total. The fourth-order valence-electron chi connectivity index (χ4n) is 5.09. The minimum absolute atomic E-state index is 0.0350. The first-order valence-corrected chi connectivity index (χ1v) is 14.6. The second-order valence-electron chi connectivity index (χ2n) is 10.2. The molecule has 2 aromatic carbocycles. The van der Waals surface area contributed by atoms with E-state index in [-0.39, 0.29) is 40.3 Å². The topological polar surface area (TPSA) is 102 Å². The van der Waals surface area contributed by atoms with Gasteiger partial charge in [-0.25, -0.2) is 18.2 Å². The molecule has 1 N–H and O–H groups in total. The van der Waals surface area contributed by atoms with Gasteiger partial charge in [-0.1, -0.05) is 55.5 Å². The van der Waals surface area contributed by atoms with Crippen LogP contribution in [0.3, 0.4) is 0 Å². The van der Waals surface area contributed by atoms with Crippen molar-refractivity contribution in [1.82, 2.24) is 9.55 Å². The molecule has 0 spiro atoms. The molecule has 2 heterocycles. The summed E-state index contributed by atoms with van der Waals surface area (Å²) in [4.78, 5) is 17.1. The zero-order valence-corrected chi connectivity index (χ0v) is 22.4. The van der Waals surface area contributed by atoms with Crippen LogP contribution in [0.15, 0.2) is 81.4 Å². The van der Waals surface area contributed by atoms with Crippen molar-refractivity contribution >= 4 is 9.84 Å². The van der Waals surface area contributed by atoms with Crippen molar-refractivity contribution in [2.24, 2.45) is 7.05 Å². The van der Waals surface area contributed by atoms with Crippen molar-refractivity contribution in [3.05, 3.63) is 111 Å². The van der Waals surface area contributed by atoms with Gasteiger partial charge in [0.2, 0.25) is 9.84 Å². The predicted octanol–water partition coefficient (Wildman–Crippen LogP) is 5.26. The van der Waals surface area contributed by atoms with Crippen LogP contribution in [0.25, 0.3) is 0 Å². The molecule has 2 aromatic heterocycles. The lowest BCUT2D eigenvalue weighted by Gasteiger charge is -2.17. The van der Waals surface area contributed by atoms with E-state index in [2.05, 4.69) is 4.98 Å². The highest BCUT2D eigenvalue weighted by molar-refractivity contribution is 7.90. The minimum Gasteiger partial charge on any atom is -0.507 e. The first kappa shape index (κ1) is 26.0. The van der Waals surface area contributed by atoms with Crippen LogP contribution >= 0.6 is 0 Å². The fourth-order valence-corrected chi connectivity index (χ4v) is 6.44. The number of aromatic nitrogens is 2. The Bertz CT molecular complexity index is 1600. The van der Waals surface area contributed by atoms with Gasteiger partial charge in [0.15, 0.2) is 5.03 Å². The van der Waals surface area contributed by atoms with Gasteiger partial charge in [-0.05, 0) is 53.9 Å². The van der Waals surface area contributed by atoms with Crippen molar-refractivity contribution in [2.75, 3.05) is 0 Å². The average molecular weight is 533 g/mol. The molecule has 1 unspecified atom stereocenters. The molecule has 1 saturated carbocycles. The lowest BCUT2D eigenvalue weighted by Crippen LogP contribution is -2.14. The van der Waals surface area contributed by atoms with Crippen LogP contribution in [0, 0.1) is 0 Å². The van der Waals surface area contributed by atoms with Gasteiger partial charge in [-0.2, -0.15) is 0 Å². The highest BCUT2D eigenvalue weighted by atomic mass is 32.2. The highest BCUT2D eigenvalue weighted by Crippen LogP contribution is 2.44. The Morgan fingerprint density at radius 2 is 1.84 bits per heavy atom. The maximum absolute atomic E-state index is 13.1. The Morgan fingerprint density at radius 3 is 2.47 bits per heavy atom. The summed E-state index contributed by atoms with van der Waals surface area (Å²) in [5, 5.41) is 11.0. The molecule has 8 heteroatoms. The molecule has 38 heavy (non-hydrogen) atoms. The minimum atomic E-state index is -3.63. The average Bonchev–Trinajstić information content (AvgIpc) is 3.63. The molecule has 0 aliphatic heterocycles. The van der Waals surface area contributed by atoms with Gasteiger partial charge in [-0.15, -0.1) is 0 Å². The predicted molar refractivity (Wildman–Crippen MR) is 145 cm³/mol. The Hall–Kier alpha value is -3.65. The summed E-state index contributed by atoms with van der Waals surface area (Å²) in [5.74, 6) is 0.424. The summed E-state index contributed by atoms with van der Waals surface area (Å²) in [6.07, 6.45) is 6.54. The standard InChI is InChI=1S/C30H32N2O5S/c1-3-21(14-20-8-5-4-6-9-20)27-16-26(33)25(30(34)37-27)15-23-10-7-11-24(29(23)22-12-13-22)18-38(35,36)28-17-32(2)19-31-28/h4-11,16-17,19,21-22,33H,3,12-15,18H2,1-2H3. The molecular weight excluding hydrogens is 500 g/mol. The van der Waals surface area contributed by atoms with E-state index in [1.165, 1.54) is 12.5 Å². The highest BCUT2D eigenvalue weighted by Gasteiger charge is 2.31. The molecule has 4 aromatic rings. The van der Waals surface area contributed by atoms with Crippen molar-refractivity contribution < 1.29 is 17.9 Å². The molecule has 198 valence electrons. The summed E-state index contributed by atoms with van der Waals surface area (Å²) >= 11 is 0. The molecule has 1 atom stereocenters. The van der Waals surface area contributed by atoms with Crippen molar-refractivity contribution in [3.63, 3.8) is 0 Å². The third-order valence-electron chi connectivity index (χ3n) is 7.25. The molecule has 1 aliphatic carbocycles. The smallest absolute Gasteiger partial charge is 0.343 e. The number of hydrogen-bond donors (Lipinski definition) is 1. The molecule has 0 saturated heterocycles. The lowest BCUT2D eigenvalue weighted by atomic mass is 9.92. The van der Waals surface area contributed by atoms with Gasteiger partial charge in [0.1, 0.15) is 11.5 Å². The summed E-state index contributed by atoms with van der Waals surface area (Å²) in [7, 11) is -1.90. The van der Waals surface area contributed by atoms with Crippen molar-refractivity contribution in [2.45, 2.75) is 61.6 Å². The van der Waals surface area contributed by atoms with E-state index in [4.69, 9.17) is 4.42 Å². The molecule has 1 fully saturated rings. The Balaban J connectivity index is 1.44. The van der Waals surface area contributed by atoms with E-state index in [1.54, 1.807) is 17.7 Å². The quantitative estimate of drug-likeness (QED) is 0.299. The van der Waals surface area contributed by atoms with E-state index in [1.807, 2.05) is 55.5 Å². The summed E-state index contributed by atoms with van der Waals surface area (Å²) in [5.41, 5.74) is 3.27. The largest absolute Gasteiger partial charge is 0.507 e. The van der Waals surface area contributed by atoms with Crippen LogP contribution in [0.1, 0.15) is 71.6 Å². The molecule has 0 radical (unpaired) electrons. The van der Waals surface area contributed by atoms with E-state index in [0.29, 0.717) is 17.7 Å². The van der Waals surface area contributed by atoms with Gasteiger partial charge in [-0.3, -0.25) is 0 Å². The Morgan fingerprint density at radius 1 is 1.11 bits per heavy atom. The van der Waals surface area contributed by atoms with Crippen LogP contribution in [0.4, 0.5) is 0 Å². The van der Waals surface area contributed by atoms with E-state index in [9.17, 15) is 18.3 Å². The molecule has 0 amide bonds. The van der Waals surface area contributed by atoms with E-state index >= 15 is 0 Å². The summed E-state index contributed by atoms with van der Waals surface area (Å²) in [6.45, 7) is 2.03. The molecule has 0 bridgehead atoms. The number of aryl methyl sites for hydroxylation is 1. The van der Waals surface area contributed by atoms with Gasteiger partial charge < -0.3 is 14.1 Å². The van der Waals surface area contributed by atoms with Crippen molar-refractivity contribution in [3.8, 4) is 5.75 Å². The summed E-state index contributed by atoms with van der Waals surface area (Å²) in [6, 6.07) is 17.1. The SMILES string of the molecule is CCC(Cc1ccccc1)c1cc(O)c(Cc2cccc(CS(=O)(=O)c3cn(C)cn3)c2C2CC2)c(=O)o1. The van der Waals surface area contributed by atoms with E-state index in [0.717, 1.165) is 36.0 Å². The Kier molecular flexibility index (Phi) is 7.25. The first-order valence-electron chi connectivity index (χ1n) is 13.0. The number of sulfone groups is 1. The number of hydrogen-bond acceptors (Lipinski definition) is 6. The number of benzene rings is 2. The first-order chi connectivity index (χ1) is 18.2. The fraction of sp³-hybridized carbons (Fsp3) is 0.333. The van der Waals surface area contributed by atoms with Gasteiger partial charge in [0.25, 0.3) is 0 Å². The van der Waals surface area contributed by atoms with Crippen LogP contribution < -0.4 is 5.63 Å². The normalized spacial score (nSPS) is 14.5. The van der Waals surface area contributed by atoms with Crippen LogP contribution in [0.5, 0.6) is 5.75 Å². The zero-order chi connectivity index (χ0) is 26.9. The van der Waals surface area contributed by atoms with Gasteiger partial charge >= 0.3 is 5.63 Å². The third-order valence-corrected chi connectivity index (χ3v) is 8.79. The Labute approximate surface area is 222 Å². The monoisotopic (exact) mass is 532 g/mol. The van der Waals surface area contributed by atoms with Crippen LogP contribution in [-0.2, 0) is 35.5 Å². The summed E-state index contributed by atoms with van der Waals surface area (Å²) < 4.78 is 33.5. The molecule has 1 aliphatic rings. The third kappa shape index (κ3) is 5.60. The molecular formula is C30H32N2O5S.